The molecule has 0 saturated carbocycles. The normalized spacial score (nSPS) is 14.8. The molecule has 2 heterocycles. The highest BCUT2D eigenvalue weighted by Gasteiger charge is 2.26. The zero-order valence-corrected chi connectivity index (χ0v) is 20.1. The van der Waals surface area contributed by atoms with E-state index in [4.69, 9.17) is 9.26 Å². The van der Waals surface area contributed by atoms with Crippen LogP contribution in [-0.4, -0.2) is 47.1 Å². The van der Waals surface area contributed by atoms with E-state index in [1.54, 1.807) is 18.2 Å². The Morgan fingerprint density at radius 3 is 2.73 bits per heavy atom. The Hall–Kier alpha value is -3.04. The maximum Gasteiger partial charge on any atom is 0.337 e. The van der Waals surface area contributed by atoms with E-state index in [9.17, 15) is 9.59 Å². The molecule has 9 heteroatoms. The first-order valence-electron chi connectivity index (χ1n) is 10.7. The van der Waals surface area contributed by atoms with Crippen LogP contribution in [-0.2, 0) is 16.1 Å². The molecule has 2 aromatic carbocycles. The molecule has 33 heavy (non-hydrogen) atoms. The molecule has 4 rings (SSSR count). The van der Waals surface area contributed by atoms with Crippen LogP contribution in [0.1, 0.15) is 34.7 Å². The average Bonchev–Trinajstić information content (AvgIpc) is 3.29. The molecule has 3 aromatic rings. The second-order valence-electron chi connectivity index (χ2n) is 8.08. The molecule has 0 atom stereocenters. The number of esters is 1. The molecule has 1 N–H and O–H groups in total. The summed E-state index contributed by atoms with van der Waals surface area (Å²) in [5.74, 6) is 0.563. The van der Waals surface area contributed by atoms with Crippen molar-refractivity contribution in [1.82, 2.24) is 15.0 Å². The number of anilines is 1. The molecule has 0 aliphatic carbocycles. The van der Waals surface area contributed by atoms with Crippen molar-refractivity contribution in [3.8, 4) is 11.4 Å². The Labute approximate surface area is 200 Å². The number of halogens is 1. The van der Waals surface area contributed by atoms with E-state index in [2.05, 4.69) is 36.3 Å². The second kappa shape index (κ2) is 10.3. The van der Waals surface area contributed by atoms with Gasteiger partial charge in [0, 0.05) is 21.6 Å². The van der Waals surface area contributed by atoms with Gasteiger partial charge in [0.2, 0.25) is 17.6 Å². The molecular formula is C24H25BrN4O4. The van der Waals surface area contributed by atoms with Crippen LogP contribution in [0.2, 0.25) is 0 Å². The van der Waals surface area contributed by atoms with Crippen molar-refractivity contribution in [1.29, 1.82) is 0 Å². The van der Waals surface area contributed by atoms with Crippen LogP contribution >= 0.6 is 15.9 Å². The number of nitrogens with zero attached hydrogens (tertiary/aromatic N) is 3. The zero-order valence-electron chi connectivity index (χ0n) is 18.5. The predicted molar refractivity (Wildman–Crippen MR) is 127 cm³/mol. The van der Waals surface area contributed by atoms with Crippen molar-refractivity contribution in [2.45, 2.75) is 26.3 Å². The smallest absolute Gasteiger partial charge is 0.337 e. The number of amides is 1. The lowest BCUT2D eigenvalue weighted by Gasteiger charge is -2.30. The molecule has 0 bridgehead atoms. The number of hydrogen-bond donors (Lipinski definition) is 1. The van der Waals surface area contributed by atoms with Crippen LogP contribution in [0.25, 0.3) is 11.4 Å². The molecular weight excluding hydrogens is 488 g/mol. The van der Waals surface area contributed by atoms with Crippen LogP contribution in [0.3, 0.4) is 0 Å². The van der Waals surface area contributed by atoms with E-state index < -0.39 is 5.97 Å². The summed E-state index contributed by atoms with van der Waals surface area (Å²) >= 11 is 3.45. The number of aryl methyl sites for hydroxylation is 1. The van der Waals surface area contributed by atoms with Gasteiger partial charge in [0.15, 0.2) is 0 Å². The second-order valence-corrected chi connectivity index (χ2v) is 9.00. The van der Waals surface area contributed by atoms with Crippen LogP contribution in [0, 0.1) is 12.8 Å². The zero-order chi connectivity index (χ0) is 23.4. The van der Waals surface area contributed by atoms with Gasteiger partial charge in [-0.1, -0.05) is 39.3 Å². The summed E-state index contributed by atoms with van der Waals surface area (Å²) in [5.41, 5.74) is 2.83. The summed E-state index contributed by atoms with van der Waals surface area (Å²) in [7, 11) is 1.34. The van der Waals surface area contributed by atoms with Gasteiger partial charge < -0.3 is 14.6 Å². The standard InChI is InChI=1S/C24H25BrN4O4/c1-15-6-7-18(24(31)32-2)13-20(15)26-23(30)16-8-10-29(11-9-16)14-21-27-22(28-33-21)17-4-3-5-19(25)12-17/h3-7,12-13,16H,8-11,14H2,1-2H3,(H,26,30). The van der Waals surface area contributed by atoms with Gasteiger partial charge in [-0.3, -0.25) is 9.69 Å². The third-order valence-electron chi connectivity index (χ3n) is 5.78. The molecule has 0 radical (unpaired) electrons. The van der Waals surface area contributed by atoms with E-state index >= 15 is 0 Å². The quantitative estimate of drug-likeness (QED) is 0.487. The van der Waals surface area contributed by atoms with Crippen LogP contribution in [0.15, 0.2) is 51.5 Å². The molecule has 0 unspecified atom stereocenters. The highest BCUT2D eigenvalue weighted by atomic mass is 79.9. The van der Waals surface area contributed by atoms with Gasteiger partial charge >= 0.3 is 5.97 Å². The molecule has 1 saturated heterocycles. The minimum atomic E-state index is -0.428. The highest BCUT2D eigenvalue weighted by Crippen LogP contribution is 2.24. The van der Waals surface area contributed by atoms with Crippen molar-refractivity contribution in [2.24, 2.45) is 5.92 Å². The number of benzene rings is 2. The number of nitrogens with one attached hydrogen (secondary N) is 1. The average molecular weight is 513 g/mol. The minimum Gasteiger partial charge on any atom is -0.465 e. The third kappa shape index (κ3) is 5.66. The van der Waals surface area contributed by atoms with Gasteiger partial charge in [0.05, 0.1) is 19.2 Å². The van der Waals surface area contributed by atoms with Gasteiger partial charge in [-0.25, -0.2) is 4.79 Å². The molecule has 0 spiro atoms. The fourth-order valence-electron chi connectivity index (χ4n) is 3.84. The number of piperidine rings is 1. The summed E-state index contributed by atoms with van der Waals surface area (Å²) in [6, 6.07) is 12.9. The first-order valence-corrected chi connectivity index (χ1v) is 11.5. The minimum absolute atomic E-state index is 0.0329. The van der Waals surface area contributed by atoms with E-state index in [-0.39, 0.29) is 11.8 Å². The number of aromatic nitrogens is 2. The van der Waals surface area contributed by atoms with Crippen molar-refractivity contribution >= 4 is 33.5 Å². The Morgan fingerprint density at radius 2 is 2.00 bits per heavy atom. The van der Waals surface area contributed by atoms with Gasteiger partial charge in [-0.2, -0.15) is 4.98 Å². The van der Waals surface area contributed by atoms with Gasteiger partial charge in [-0.15, -0.1) is 0 Å². The fraction of sp³-hybridized carbons (Fsp3) is 0.333. The Bertz CT molecular complexity index is 1150. The molecule has 172 valence electrons. The van der Waals surface area contributed by atoms with E-state index in [0.717, 1.165) is 41.5 Å². The molecule has 1 aliphatic rings. The lowest BCUT2D eigenvalue weighted by Crippen LogP contribution is -2.37. The predicted octanol–water partition coefficient (Wildman–Crippen LogP) is 4.44. The molecule has 1 amide bonds. The summed E-state index contributed by atoms with van der Waals surface area (Å²) in [5, 5.41) is 7.07. The third-order valence-corrected chi connectivity index (χ3v) is 6.28. The molecule has 1 fully saturated rings. The molecule has 1 aliphatic heterocycles. The summed E-state index contributed by atoms with van der Waals surface area (Å²) in [6.45, 7) is 3.96. The van der Waals surface area contributed by atoms with Crippen LogP contribution in [0.5, 0.6) is 0 Å². The maximum absolute atomic E-state index is 12.8. The number of carbonyl (C=O) groups excluding carboxylic acids is 2. The first-order chi connectivity index (χ1) is 15.9. The lowest BCUT2D eigenvalue weighted by atomic mass is 9.95. The van der Waals surface area contributed by atoms with Crippen LogP contribution in [0.4, 0.5) is 5.69 Å². The topological polar surface area (TPSA) is 97.6 Å². The maximum atomic E-state index is 12.8. The van der Waals surface area contributed by atoms with Gasteiger partial charge in [0.1, 0.15) is 0 Å². The number of carbonyl (C=O) groups is 2. The van der Waals surface area contributed by atoms with Crippen molar-refractivity contribution < 1.29 is 18.8 Å². The summed E-state index contributed by atoms with van der Waals surface area (Å²) in [4.78, 5) is 31.3. The monoisotopic (exact) mass is 512 g/mol. The van der Waals surface area contributed by atoms with Crippen molar-refractivity contribution in [3.63, 3.8) is 0 Å². The van der Waals surface area contributed by atoms with E-state index in [1.807, 2.05) is 31.2 Å². The number of hydrogen-bond acceptors (Lipinski definition) is 7. The van der Waals surface area contributed by atoms with Crippen molar-refractivity contribution in [3.05, 3.63) is 64.0 Å². The Balaban J connectivity index is 1.31. The number of likely N-dealkylation sites (tertiary alicyclic amines) is 1. The number of rotatable bonds is 6. The lowest BCUT2D eigenvalue weighted by molar-refractivity contribution is -0.121. The highest BCUT2D eigenvalue weighted by molar-refractivity contribution is 9.10. The molecule has 1 aromatic heterocycles. The van der Waals surface area contributed by atoms with Gasteiger partial charge in [-0.05, 0) is 62.7 Å². The molecule has 8 nitrogen and oxygen atoms in total. The summed E-state index contributed by atoms with van der Waals surface area (Å²) < 4.78 is 11.2. The number of ether oxygens (including phenoxy) is 1. The Morgan fingerprint density at radius 1 is 1.21 bits per heavy atom. The fourth-order valence-corrected chi connectivity index (χ4v) is 4.24. The van der Waals surface area contributed by atoms with Gasteiger partial charge in [0.25, 0.3) is 0 Å². The van der Waals surface area contributed by atoms with Crippen molar-refractivity contribution in [2.75, 3.05) is 25.5 Å². The van der Waals surface area contributed by atoms with E-state index in [0.29, 0.717) is 29.5 Å². The summed E-state index contributed by atoms with van der Waals surface area (Å²) in [6.07, 6.45) is 1.46. The first kappa shape index (κ1) is 23.1. The Kier molecular flexibility index (Phi) is 7.20. The van der Waals surface area contributed by atoms with Crippen LogP contribution < -0.4 is 5.32 Å². The number of methoxy groups -OCH3 is 1. The SMILES string of the molecule is COC(=O)c1ccc(C)c(NC(=O)C2CCN(Cc3nc(-c4cccc(Br)c4)no3)CC2)c1. The largest absolute Gasteiger partial charge is 0.465 e. The van der Waals surface area contributed by atoms with E-state index in [1.165, 1.54) is 7.11 Å².